The summed E-state index contributed by atoms with van der Waals surface area (Å²) in [6, 6.07) is 16.1. The molecule has 186 valence electrons. The summed E-state index contributed by atoms with van der Waals surface area (Å²) in [7, 11) is 0. The van der Waals surface area contributed by atoms with Gasteiger partial charge < -0.3 is 26.2 Å². The van der Waals surface area contributed by atoms with E-state index < -0.39 is 0 Å². The third kappa shape index (κ3) is 6.12. The third-order valence-corrected chi connectivity index (χ3v) is 6.07. The van der Waals surface area contributed by atoms with Gasteiger partial charge in [-0.1, -0.05) is 31.5 Å². The summed E-state index contributed by atoms with van der Waals surface area (Å²) in [5.74, 6) is 1.08. The van der Waals surface area contributed by atoms with Crippen LogP contribution in [0.15, 0.2) is 48.5 Å². The molecule has 0 spiro atoms. The third-order valence-electron chi connectivity index (χ3n) is 6.07. The Hall–Kier alpha value is -4.09. The average Bonchev–Trinajstić information content (AvgIpc) is 3.70. The number of para-hydroxylation sites is 1. The number of nitrogens with zero attached hydrogens (tertiary/aromatic N) is 2. The van der Waals surface area contributed by atoms with Crippen molar-refractivity contribution in [2.45, 2.75) is 32.6 Å². The molecule has 1 fully saturated rings. The molecule has 0 unspecified atom stereocenters. The topological polar surface area (TPSA) is 133 Å². The number of amides is 1. The highest BCUT2D eigenvalue weighted by Crippen LogP contribution is 2.38. The number of phenolic OH excluding ortho intramolecular Hbond substituents is 1. The minimum Gasteiger partial charge on any atom is -0.507 e. The van der Waals surface area contributed by atoms with Crippen molar-refractivity contribution in [1.29, 1.82) is 5.26 Å². The maximum absolute atomic E-state index is 12.6. The van der Waals surface area contributed by atoms with Crippen LogP contribution in [0.2, 0.25) is 0 Å². The van der Waals surface area contributed by atoms with Crippen LogP contribution in [0.5, 0.6) is 11.5 Å². The maximum atomic E-state index is 12.6. The molecule has 1 aromatic heterocycles. The molecule has 1 aliphatic carbocycles. The minimum absolute atomic E-state index is 0.0624. The largest absolute Gasteiger partial charge is 0.507 e. The fraction of sp³-hybridized carbons (Fsp3) is 0.321. The van der Waals surface area contributed by atoms with Crippen LogP contribution in [-0.2, 0) is 4.79 Å². The number of aromatic nitrogens is 1. The fourth-order valence-corrected chi connectivity index (χ4v) is 3.85. The molecule has 0 aliphatic heterocycles. The molecule has 0 radical (unpaired) electrons. The van der Waals surface area contributed by atoms with Crippen LogP contribution in [0.4, 0.5) is 11.5 Å². The van der Waals surface area contributed by atoms with Crippen molar-refractivity contribution in [1.82, 2.24) is 10.3 Å². The first-order valence-corrected chi connectivity index (χ1v) is 12.3. The number of carbonyl (C=O) groups is 1. The number of carbonyl (C=O) groups excluding carboxylic acids is 1. The van der Waals surface area contributed by atoms with Gasteiger partial charge in [0.15, 0.2) is 0 Å². The summed E-state index contributed by atoms with van der Waals surface area (Å²) in [6.07, 6.45) is 4.35. The molecule has 3 aromatic rings. The minimum atomic E-state index is -0.177. The number of anilines is 2. The lowest BCUT2D eigenvalue weighted by Gasteiger charge is -2.16. The van der Waals surface area contributed by atoms with Crippen molar-refractivity contribution in [3.8, 4) is 40.0 Å². The first-order chi connectivity index (χ1) is 17.5. The van der Waals surface area contributed by atoms with Crippen molar-refractivity contribution in [2.75, 3.05) is 30.7 Å². The van der Waals surface area contributed by atoms with Gasteiger partial charge in [-0.2, -0.15) is 5.26 Å². The Bertz CT molecular complexity index is 1280. The number of unbranched alkanes of at least 4 members (excludes halogenated alkanes) is 1. The highest BCUT2D eigenvalue weighted by molar-refractivity contribution is 5.95. The molecular weight excluding hydrogens is 454 g/mol. The van der Waals surface area contributed by atoms with Crippen LogP contribution >= 0.6 is 0 Å². The predicted molar refractivity (Wildman–Crippen MR) is 141 cm³/mol. The van der Waals surface area contributed by atoms with Gasteiger partial charge in [-0.25, -0.2) is 4.98 Å². The van der Waals surface area contributed by atoms with E-state index in [0.717, 1.165) is 32.2 Å². The van der Waals surface area contributed by atoms with Gasteiger partial charge in [-0.3, -0.25) is 4.79 Å². The van der Waals surface area contributed by atoms with Crippen LogP contribution in [-0.4, -0.2) is 35.7 Å². The van der Waals surface area contributed by atoms with Gasteiger partial charge in [0.25, 0.3) is 0 Å². The normalized spacial score (nSPS) is 12.7. The molecule has 5 N–H and O–H groups in total. The Morgan fingerprint density at radius 2 is 2.03 bits per heavy atom. The molecule has 8 heteroatoms. The first-order valence-electron chi connectivity index (χ1n) is 12.3. The smallest absolute Gasteiger partial charge is 0.238 e. The number of nitrogens with two attached hydrogens (primary N) is 1. The van der Waals surface area contributed by atoms with E-state index in [1.54, 1.807) is 42.5 Å². The van der Waals surface area contributed by atoms with E-state index in [2.05, 4.69) is 28.6 Å². The van der Waals surface area contributed by atoms with Gasteiger partial charge in [0, 0.05) is 11.1 Å². The van der Waals surface area contributed by atoms with Gasteiger partial charge in [0.1, 0.15) is 28.9 Å². The number of phenols is 1. The SMILES string of the molecule is CCCCNCC(=O)Nc1cc(-c2cc(-c3ccccc3O)nc(N)c2C#N)ccc1OCC1CC1. The number of hydrogen-bond donors (Lipinski definition) is 4. The lowest BCUT2D eigenvalue weighted by molar-refractivity contribution is -0.115. The Labute approximate surface area is 211 Å². The maximum Gasteiger partial charge on any atom is 0.238 e. The second kappa shape index (κ2) is 11.6. The molecule has 0 atom stereocenters. The van der Waals surface area contributed by atoms with Crippen LogP contribution in [0.25, 0.3) is 22.4 Å². The van der Waals surface area contributed by atoms with Crippen molar-refractivity contribution in [3.05, 3.63) is 54.1 Å². The van der Waals surface area contributed by atoms with Gasteiger partial charge in [0.2, 0.25) is 5.91 Å². The number of aromatic hydroxyl groups is 1. The van der Waals surface area contributed by atoms with E-state index in [9.17, 15) is 15.2 Å². The highest BCUT2D eigenvalue weighted by atomic mass is 16.5. The number of pyridine rings is 1. The number of rotatable bonds is 11. The number of nitriles is 1. The molecule has 4 rings (SSSR count). The van der Waals surface area contributed by atoms with E-state index in [1.165, 1.54) is 0 Å². The average molecular weight is 486 g/mol. The lowest BCUT2D eigenvalue weighted by atomic mass is 9.97. The van der Waals surface area contributed by atoms with Crippen LogP contribution in [0, 0.1) is 17.2 Å². The fourth-order valence-electron chi connectivity index (χ4n) is 3.85. The Kier molecular flexibility index (Phi) is 8.03. The van der Waals surface area contributed by atoms with E-state index in [-0.39, 0.29) is 29.6 Å². The number of ether oxygens (including phenoxy) is 1. The van der Waals surface area contributed by atoms with E-state index in [0.29, 0.717) is 46.3 Å². The van der Waals surface area contributed by atoms with Crippen LogP contribution < -0.4 is 21.1 Å². The van der Waals surface area contributed by atoms with Gasteiger partial charge in [-0.05, 0) is 67.6 Å². The number of nitrogens with one attached hydrogen (secondary N) is 2. The number of nitrogen functional groups attached to an aromatic ring is 1. The van der Waals surface area contributed by atoms with E-state index >= 15 is 0 Å². The summed E-state index contributed by atoms with van der Waals surface area (Å²) in [5.41, 5.74) is 9.07. The summed E-state index contributed by atoms with van der Waals surface area (Å²) in [4.78, 5) is 17.0. The number of hydrogen-bond acceptors (Lipinski definition) is 7. The van der Waals surface area contributed by atoms with Crippen LogP contribution in [0.1, 0.15) is 38.2 Å². The zero-order valence-corrected chi connectivity index (χ0v) is 20.4. The molecule has 2 aromatic carbocycles. The summed E-state index contributed by atoms with van der Waals surface area (Å²) in [5, 5.41) is 26.2. The van der Waals surface area contributed by atoms with E-state index in [4.69, 9.17) is 10.5 Å². The quantitative estimate of drug-likeness (QED) is 0.290. The molecule has 1 aliphatic rings. The molecule has 1 heterocycles. The second-order valence-electron chi connectivity index (χ2n) is 8.99. The summed E-state index contributed by atoms with van der Waals surface area (Å²) < 4.78 is 6.01. The molecule has 0 saturated heterocycles. The molecule has 1 saturated carbocycles. The highest BCUT2D eigenvalue weighted by Gasteiger charge is 2.23. The van der Waals surface area contributed by atoms with Gasteiger partial charge >= 0.3 is 0 Å². The Morgan fingerprint density at radius 1 is 1.22 bits per heavy atom. The van der Waals surface area contributed by atoms with Crippen LogP contribution in [0.3, 0.4) is 0 Å². The standard InChI is InChI=1S/C28H31N5O3/c1-2-3-12-31-16-27(35)32-24-13-19(10-11-26(24)36-17-18-8-9-18)21-14-23(33-28(30)22(21)15-29)20-6-4-5-7-25(20)34/h4-7,10-11,13-14,18,31,34H,2-3,8-9,12,16-17H2,1H3,(H2,30,33)(H,32,35). The van der Waals surface area contributed by atoms with E-state index in [1.807, 2.05) is 6.07 Å². The second-order valence-corrected chi connectivity index (χ2v) is 8.99. The van der Waals surface area contributed by atoms with Crippen molar-refractivity contribution >= 4 is 17.4 Å². The zero-order chi connectivity index (χ0) is 25.5. The monoisotopic (exact) mass is 485 g/mol. The van der Waals surface area contributed by atoms with Gasteiger partial charge in [0.05, 0.1) is 24.5 Å². The molecular formula is C28H31N5O3. The molecule has 0 bridgehead atoms. The number of benzene rings is 2. The molecule has 36 heavy (non-hydrogen) atoms. The van der Waals surface area contributed by atoms with Crippen molar-refractivity contribution in [2.24, 2.45) is 5.92 Å². The van der Waals surface area contributed by atoms with Crippen molar-refractivity contribution < 1.29 is 14.6 Å². The first kappa shape index (κ1) is 25.0. The molecule has 1 amide bonds. The summed E-state index contributed by atoms with van der Waals surface area (Å²) >= 11 is 0. The zero-order valence-electron chi connectivity index (χ0n) is 20.4. The Balaban J connectivity index is 1.69. The predicted octanol–water partition coefficient (Wildman–Crippen LogP) is 4.69. The molecule has 8 nitrogen and oxygen atoms in total. The van der Waals surface area contributed by atoms with Gasteiger partial charge in [-0.15, -0.1) is 0 Å². The van der Waals surface area contributed by atoms with Crippen molar-refractivity contribution in [3.63, 3.8) is 0 Å². The lowest BCUT2D eigenvalue weighted by Crippen LogP contribution is -2.28. The Morgan fingerprint density at radius 3 is 2.75 bits per heavy atom. The summed E-state index contributed by atoms with van der Waals surface area (Å²) in [6.45, 7) is 3.66.